The van der Waals surface area contributed by atoms with Gasteiger partial charge in [-0.05, 0) is 35.9 Å². The fourth-order valence-electron chi connectivity index (χ4n) is 2.56. The molecule has 0 aliphatic rings. The third kappa shape index (κ3) is 6.27. The largest absolute Gasteiger partial charge is 0.459 e. The third-order valence-corrected chi connectivity index (χ3v) is 5.58. The third-order valence-electron chi connectivity index (χ3n) is 4.19. The van der Waals surface area contributed by atoms with Gasteiger partial charge in [0.2, 0.25) is 10.0 Å². The van der Waals surface area contributed by atoms with E-state index in [1.54, 1.807) is 24.3 Å². The maximum absolute atomic E-state index is 12.5. The van der Waals surface area contributed by atoms with E-state index in [0.29, 0.717) is 0 Å². The van der Waals surface area contributed by atoms with E-state index in [1.807, 2.05) is 6.07 Å². The summed E-state index contributed by atoms with van der Waals surface area (Å²) in [5, 5.41) is 2.32. The molecule has 32 heavy (non-hydrogen) atoms. The van der Waals surface area contributed by atoms with E-state index < -0.39 is 34.3 Å². The topological polar surface area (TPSA) is 147 Å². The predicted molar refractivity (Wildman–Crippen MR) is 114 cm³/mol. The van der Waals surface area contributed by atoms with Gasteiger partial charge in [0, 0.05) is 12.1 Å². The molecule has 3 amide bonds. The molecule has 0 atom stereocenters. The van der Waals surface area contributed by atoms with Gasteiger partial charge in [-0.3, -0.25) is 25.2 Å². The summed E-state index contributed by atoms with van der Waals surface area (Å²) in [5.74, 6) is -1.96. The summed E-state index contributed by atoms with van der Waals surface area (Å²) in [6.07, 6.45) is 1.32. The molecule has 3 rings (SSSR count). The molecule has 0 saturated heterocycles. The molecule has 3 aromatic rings. The average molecular weight is 456 g/mol. The molecule has 0 bridgehead atoms. The Morgan fingerprint density at radius 3 is 2.34 bits per heavy atom. The van der Waals surface area contributed by atoms with Crippen molar-refractivity contribution in [1.29, 1.82) is 0 Å². The van der Waals surface area contributed by atoms with Crippen molar-refractivity contribution in [2.24, 2.45) is 0 Å². The SMILES string of the molecule is O=C(CNC(=O)c1ccco1)NNC(=O)c1cccc(S(=O)(=O)NCc2ccccc2)c1. The van der Waals surface area contributed by atoms with Crippen molar-refractivity contribution in [3.63, 3.8) is 0 Å². The molecule has 1 heterocycles. The van der Waals surface area contributed by atoms with Crippen LogP contribution in [0, 0.1) is 0 Å². The molecule has 11 heteroatoms. The number of hydrogen-bond acceptors (Lipinski definition) is 6. The van der Waals surface area contributed by atoms with Gasteiger partial charge in [0.15, 0.2) is 5.76 Å². The Kier molecular flexibility index (Phi) is 7.37. The second-order valence-electron chi connectivity index (χ2n) is 6.50. The van der Waals surface area contributed by atoms with Crippen LogP contribution >= 0.6 is 0 Å². The van der Waals surface area contributed by atoms with Crippen molar-refractivity contribution in [2.75, 3.05) is 6.54 Å². The molecule has 0 aliphatic heterocycles. The Labute approximate surface area is 184 Å². The first-order valence-corrected chi connectivity index (χ1v) is 10.9. The van der Waals surface area contributed by atoms with E-state index in [4.69, 9.17) is 4.42 Å². The molecule has 0 spiro atoms. The smallest absolute Gasteiger partial charge is 0.287 e. The van der Waals surface area contributed by atoms with Gasteiger partial charge < -0.3 is 9.73 Å². The lowest BCUT2D eigenvalue weighted by atomic mass is 10.2. The average Bonchev–Trinajstić information content (AvgIpc) is 3.35. The monoisotopic (exact) mass is 456 g/mol. The molecular formula is C21H20N4O6S. The van der Waals surface area contributed by atoms with E-state index >= 15 is 0 Å². The number of benzene rings is 2. The zero-order chi connectivity index (χ0) is 23.0. The molecule has 10 nitrogen and oxygen atoms in total. The number of hydrazine groups is 1. The predicted octanol–water partition coefficient (Wildman–Crippen LogP) is 0.949. The lowest BCUT2D eigenvalue weighted by molar-refractivity contribution is -0.120. The van der Waals surface area contributed by atoms with Gasteiger partial charge >= 0.3 is 0 Å². The Morgan fingerprint density at radius 1 is 0.844 bits per heavy atom. The highest BCUT2D eigenvalue weighted by atomic mass is 32.2. The van der Waals surface area contributed by atoms with Gasteiger partial charge in [-0.15, -0.1) is 0 Å². The van der Waals surface area contributed by atoms with Crippen molar-refractivity contribution in [3.05, 3.63) is 89.9 Å². The van der Waals surface area contributed by atoms with E-state index in [-0.39, 0.29) is 22.8 Å². The number of carbonyl (C=O) groups excluding carboxylic acids is 3. The highest BCUT2D eigenvalue weighted by Crippen LogP contribution is 2.12. The minimum absolute atomic E-state index is 0.0208. The number of sulfonamides is 1. The Hall–Kier alpha value is -3.96. The standard InChI is InChI=1S/C21H20N4O6S/c26-19(14-22-21(28)18-10-5-11-31-18)24-25-20(27)16-8-4-9-17(12-16)32(29,30)23-13-15-6-2-1-3-7-15/h1-12,23H,13-14H2,(H,22,28)(H,24,26)(H,25,27). The molecule has 0 radical (unpaired) electrons. The van der Waals surface area contributed by atoms with Gasteiger partial charge in [0.05, 0.1) is 17.7 Å². The Morgan fingerprint density at radius 2 is 1.62 bits per heavy atom. The Balaban J connectivity index is 1.53. The van der Waals surface area contributed by atoms with Crippen LogP contribution in [0.25, 0.3) is 0 Å². The van der Waals surface area contributed by atoms with E-state index in [0.717, 1.165) is 5.56 Å². The quantitative estimate of drug-likeness (QED) is 0.371. The second kappa shape index (κ2) is 10.4. The normalized spacial score (nSPS) is 10.9. The first-order valence-electron chi connectivity index (χ1n) is 9.40. The fourth-order valence-corrected chi connectivity index (χ4v) is 3.62. The molecule has 166 valence electrons. The number of amides is 3. The summed E-state index contributed by atoms with van der Waals surface area (Å²) < 4.78 is 32.4. The summed E-state index contributed by atoms with van der Waals surface area (Å²) in [5.41, 5.74) is 5.11. The van der Waals surface area contributed by atoms with Crippen LogP contribution in [0.1, 0.15) is 26.5 Å². The Bertz CT molecular complexity index is 1190. The summed E-state index contributed by atoms with van der Waals surface area (Å²) in [4.78, 5) is 35.7. The van der Waals surface area contributed by atoms with Crippen LogP contribution < -0.4 is 20.9 Å². The highest BCUT2D eigenvalue weighted by molar-refractivity contribution is 7.89. The van der Waals surface area contributed by atoms with E-state index in [1.165, 1.54) is 42.7 Å². The fraction of sp³-hybridized carbons (Fsp3) is 0.0952. The van der Waals surface area contributed by atoms with Crippen LogP contribution in [0.2, 0.25) is 0 Å². The van der Waals surface area contributed by atoms with Gasteiger partial charge in [-0.2, -0.15) is 0 Å². The summed E-state index contributed by atoms with van der Waals surface area (Å²) in [7, 11) is -3.86. The van der Waals surface area contributed by atoms with Crippen LogP contribution in [0.4, 0.5) is 0 Å². The zero-order valence-corrected chi connectivity index (χ0v) is 17.5. The molecule has 1 aromatic heterocycles. The minimum Gasteiger partial charge on any atom is -0.459 e. The van der Waals surface area contributed by atoms with E-state index in [9.17, 15) is 22.8 Å². The molecule has 0 fully saturated rings. The minimum atomic E-state index is -3.86. The molecular weight excluding hydrogens is 436 g/mol. The van der Waals surface area contributed by atoms with E-state index in [2.05, 4.69) is 20.9 Å². The lowest BCUT2D eigenvalue weighted by Gasteiger charge is -2.10. The molecule has 0 unspecified atom stereocenters. The lowest BCUT2D eigenvalue weighted by Crippen LogP contribution is -2.46. The van der Waals surface area contributed by atoms with Gasteiger partial charge in [-0.1, -0.05) is 36.4 Å². The maximum Gasteiger partial charge on any atom is 0.287 e. The van der Waals surface area contributed by atoms with Crippen LogP contribution in [-0.2, 0) is 21.4 Å². The zero-order valence-electron chi connectivity index (χ0n) is 16.7. The number of rotatable bonds is 8. The van der Waals surface area contributed by atoms with Crippen LogP contribution in [0.15, 0.2) is 82.3 Å². The second-order valence-corrected chi connectivity index (χ2v) is 8.27. The van der Waals surface area contributed by atoms with Crippen molar-refractivity contribution < 1.29 is 27.2 Å². The molecule has 0 aliphatic carbocycles. The molecule has 0 saturated carbocycles. The van der Waals surface area contributed by atoms with Gasteiger partial charge in [0.25, 0.3) is 17.7 Å². The van der Waals surface area contributed by atoms with Gasteiger partial charge in [0.1, 0.15) is 0 Å². The number of nitrogens with one attached hydrogen (secondary N) is 4. The number of carbonyl (C=O) groups is 3. The van der Waals surface area contributed by atoms with Crippen LogP contribution in [0.5, 0.6) is 0 Å². The van der Waals surface area contributed by atoms with Crippen LogP contribution in [0.3, 0.4) is 0 Å². The maximum atomic E-state index is 12.5. The van der Waals surface area contributed by atoms with Gasteiger partial charge in [-0.25, -0.2) is 13.1 Å². The number of hydrogen-bond donors (Lipinski definition) is 4. The van der Waals surface area contributed by atoms with Crippen molar-refractivity contribution in [1.82, 2.24) is 20.9 Å². The number of furan rings is 1. The van der Waals surface area contributed by atoms with Crippen molar-refractivity contribution in [2.45, 2.75) is 11.4 Å². The van der Waals surface area contributed by atoms with Crippen molar-refractivity contribution >= 4 is 27.7 Å². The molecule has 2 aromatic carbocycles. The summed E-state index contributed by atoms with van der Waals surface area (Å²) >= 11 is 0. The first-order chi connectivity index (χ1) is 15.3. The summed E-state index contributed by atoms with van der Waals surface area (Å²) in [6, 6.07) is 17.3. The first kappa shape index (κ1) is 22.7. The highest BCUT2D eigenvalue weighted by Gasteiger charge is 2.17. The molecule has 4 N–H and O–H groups in total. The van der Waals surface area contributed by atoms with Crippen LogP contribution in [-0.4, -0.2) is 32.7 Å². The van der Waals surface area contributed by atoms with Crippen molar-refractivity contribution in [3.8, 4) is 0 Å². The summed E-state index contributed by atoms with van der Waals surface area (Å²) in [6.45, 7) is -0.309.